The van der Waals surface area contributed by atoms with E-state index in [-0.39, 0.29) is 59.6 Å². The Labute approximate surface area is 265 Å². The zero-order chi connectivity index (χ0) is 31.2. The maximum absolute atomic E-state index is 13.5. The number of thiazole rings is 2. The third kappa shape index (κ3) is 7.88. The molecular formula is C31H39N7O4S2. The molecule has 4 heterocycles. The minimum Gasteiger partial charge on any atom is -0.351 e. The summed E-state index contributed by atoms with van der Waals surface area (Å²) in [5.41, 5.74) is 1.53. The lowest BCUT2D eigenvalue weighted by molar-refractivity contribution is -0.137. The normalized spacial score (nSPS) is 23.7. The molecule has 0 radical (unpaired) electrons. The molecule has 2 aromatic heterocycles. The maximum Gasteiger partial charge on any atom is 0.271 e. The van der Waals surface area contributed by atoms with E-state index < -0.39 is 12.1 Å². The molecule has 2 aliphatic heterocycles. The molecule has 11 nitrogen and oxygen atoms in total. The summed E-state index contributed by atoms with van der Waals surface area (Å²) in [7, 11) is 0. The van der Waals surface area contributed by atoms with Gasteiger partial charge in [-0.1, -0.05) is 44.2 Å². The van der Waals surface area contributed by atoms with E-state index in [2.05, 4.69) is 31.2 Å². The summed E-state index contributed by atoms with van der Waals surface area (Å²) < 4.78 is 0. The van der Waals surface area contributed by atoms with Crippen molar-refractivity contribution in [1.29, 1.82) is 0 Å². The molecule has 0 spiro atoms. The van der Waals surface area contributed by atoms with Gasteiger partial charge in [0.05, 0.1) is 24.7 Å². The Morgan fingerprint density at radius 3 is 2.39 bits per heavy atom. The molecule has 4 N–H and O–H groups in total. The highest BCUT2D eigenvalue weighted by molar-refractivity contribution is 7.10. The van der Waals surface area contributed by atoms with Gasteiger partial charge in [0, 0.05) is 29.9 Å². The van der Waals surface area contributed by atoms with Crippen molar-refractivity contribution in [3.05, 3.63) is 68.1 Å². The van der Waals surface area contributed by atoms with Crippen LogP contribution < -0.4 is 21.3 Å². The van der Waals surface area contributed by atoms with E-state index in [0.29, 0.717) is 42.4 Å². The van der Waals surface area contributed by atoms with Crippen molar-refractivity contribution in [2.45, 2.75) is 70.6 Å². The van der Waals surface area contributed by atoms with E-state index in [9.17, 15) is 19.2 Å². The molecule has 4 atom stereocenters. The fourth-order valence-electron chi connectivity index (χ4n) is 5.45. The zero-order valence-corrected chi connectivity index (χ0v) is 26.8. The van der Waals surface area contributed by atoms with E-state index >= 15 is 0 Å². The van der Waals surface area contributed by atoms with Crippen molar-refractivity contribution in [3.8, 4) is 0 Å². The van der Waals surface area contributed by atoms with Crippen LogP contribution in [-0.2, 0) is 16.0 Å². The van der Waals surface area contributed by atoms with Gasteiger partial charge in [-0.15, -0.1) is 22.7 Å². The molecule has 1 aromatic carbocycles. The van der Waals surface area contributed by atoms with Crippen LogP contribution in [0.3, 0.4) is 0 Å². The molecule has 0 saturated carbocycles. The Balaban J connectivity index is 1.44. The zero-order valence-electron chi connectivity index (χ0n) is 25.2. The topological polar surface area (TPSA) is 145 Å². The molecule has 44 heavy (non-hydrogen) atoms. The molecule has 2 aliphatic rings. The number of fused-ring (bicyclic) bond motifs is 4. The summed E-state index contributed by atoms with van der Waals surface area (Å²) in [4.78, 5) is 64.1. The molecule has 3 aromatic rings. The van der Waals surface area contributed by atoms with Crippen LogP contribution in [0.5, 0.6) is 0 Å². The van der Waals surface area contributed by atoms with E-state index in [1.54, 1.807) is 15.7 Å². The van der Waals surface area contributed by atoms with Gasteiger partial charge in [-0.3, -0.25) is 19.2 Å². The van der Waals surface area contributed by atoms with Crippen molar-refractivity contribution in [1.82, 2.24) is 36.1 Å². The predicted octanol–water partition coefficient (Wildman–Crippen LogP) is 3.23. The van der Waals surface area contributed by atoms with Crippen molar-refractivity contribution >= 4 is 46.3 Å². The smallest absolute Gasteiger partial charge is 0.271 e. The number of amides is 4. The monoisotopic (exact) mass is 637 g/mol. The van der Waals surface area contributed by atoms with Crippen LogP contribution in [0.25, 0.3) is 0 Å². The first-order chi connectivity index (χ1) is 21.2. The Morgan fingerprint density at radius 2 is 1.68 bits per heavy atom. The van der Waals surface area contributed by atoms with Crippen LogP contribution in [0.15, 0.2) is 41.1 Å². The SMILES string of the molecule is CC(C)[C@@H]1NC(=O)c2csc(n2)[C@H](Cc2ccccc2)NC(=O)CN(C(=O)[C@@H]2CC[C@H](C)N2)CCCNC(=O)c2csc1n2. The second kappa shape index (κ2) is 14.4. The summed E-state index contributed by atoms with van der Waals surface area (Å²) in [5, 5.41) is 16.9. The number of hydrogen-bond acceptors (Lipinski definition) is 9. The van der Waals surface area contributed by atoms with Crippen LogP contribution in [0.4, 0.5) is 0 Å². The molecular weight excluding hydrogens is 599 g/mol. The molecule has 4 amide bonds. The van der Waals surface area contributed by atoms with Gasteiger partial charge in [-0.2, -0.15) is 0 Å². The summed E-state index contributed by atoms with van der Waals surface area (Å²) >= 11 is 2.63. The summed E-state index contributed by atoms with van der Waals surface area (Å²) in [5.74, 6) is -1.11. The van der Waals surface area contributed by atoms with Crippen molar-refractivity contribution < 1.29 is 19.2 Å². The van der Waals surface area contributed by atoms with Gasteiger partial charge in [-0.05, 0) is 44.1 Å². The lowest BCUT2D eigenvalue weighted by Crippen LogP contribution is -2.49. The van der Waals surface area contributed by atoms with Gasteiger partial charge in [0.1, 0.15) is 21.4 Å². The average molecular weight is 638 g/mol. The van der Waals surface area contributed by atoms with Gasteiger partial charge in [0.2, 0.25) is 11.8 Å². The number of carbonyl (C=O) groups excluding carboxylic acids is 4. The second-order valence-corrected chi connectivity index (χ2v) is 13.5. The van der Waals surface area contributed by atoms with Gasteiger partial charge in [0.25, 0.3) is 11.8 Å². The third-order valence-electron chi connectivity index (χ3n) is 7.85. The molecule has 1 fully saturated rings. The van der Waals surface area contributed by atoms with Crippen molar-refractivity contribution in [2.24, 2.45) is 5.92 Å². The molecule has 234 valence electrons. The van der Waals surface area contributed by atoms with Gasteiger partial charge < -0.3 is 26.2 Å². The number of nitrogens with one attached hydrogen (secondary N) is 4. The summed E-state index contributed by atoms with van der Waals surface area (Å²) in [6.45, 7) is 6.49. The predicted molar refractivity (Wildman–Crippen MR) is 169 cm³/mol. The number of hydrogen-bond donors (Lipinski definition) is 4. The second-order valence-electron chi connectivity index (χ2n) is 11.7. The Hall–Kier alpha value is -3.68. The van der Waals surface area contributed by atoms with E-state index in [4.69, 9.17) is 0 Å². The number of aromatic nitrogens is 2. The first-order valence-corrected chi connectivity index (χ1v) is 16.8. The van der Waals surface area contributed by atoms with Gasteiger partial charge in [-0.25, -0.2) is 9.97 Å². The van der Waals surface area contributed by atoms with Crippen LogP contribution in [0.1, 0.15) is 88.7 Å². The molecule has 1 saturated heterocycles. The highest BCUT2D eigenvalue weighted by Gasteiger charge is 2.32. The fraction of sp³-hybridized carbons (Fsp3) is 0.484. The van der Waals surface area contributed by atoms with Gasteiger partial charge in [0.15, 0.2) is 0 Å². The fourth-order valence-corrected chi connectivity index (χ4v) is 7.32. The van der Waals surface area contributed by atoms with Crippen LogP contribution in [-0.4, -0.2) is 70.2 Å². The Kier molecular flexibility index (Phi) is 10.4. The summed E-state index contributed by atoms with van der Waals surface area (Å²) in [6.07, 6.45) is 2.54. The summed E-state index contributed by atoms with van der Waals surface area (Å²) in [6, 6.07) is 8.74. The number of rotatable bonds is 4. The Morgan fingerprint density at radius 1 is 0.977 bits per heavy atom. The van der Waals surface area contributed by atoms with Crippen LogP contribution in [0, 0.1) is 5.92 Å². The minimum absolute atomic E-state index is 0.0132. The first kappa shape index (κ1) is 31.7. The molecule has 0 aliphatic carbocycles. The quantitative estimate of drug-likeness (QED) is 0.344. The minimum atomic E-state index is -0.498. The molecule has 4 bridgehead atoms. The van der Waals surface area contributed by atoms with E-state index in [0.717, 1.165) is 12.0 Å². The third-order valence-corrected chi connectivity index (χ3v) is 9.74. The average Bonchev–Trinajstić information content (AvgIpc) is 3.78. The van der Waals surface area contributed by atoms with Crippen molar-refractivity contribution in [3.63, 3.8) is 0 Å². The largest absolute Gasteiger partial charge is 0.351 e. The van der Waals surface area contributed by atoms with E-state index in [1.165, 1.54) is 22.7 Å². The van der Waals surface area contributed by atoms with Crippen molar-refractivity contribution in [2.75, 3.05) is 19.6 Å². The first-order valence-electron chi connectivity index (χ1n) is 15.1. The molecule has 13 heteroatoms. The number of benzene rings is 1. The molecule has 0 unspecified atom stereocenters. The lowest BCUT2D eigenvalue weighted by atomic mass is 10.0. The van der Waals surface area contributed by atoms with Gasteiger partial charge >= 0.3 is 0 Å². The van der Waals surface area contributed by atoms with Crippen LogP contribution in [0.2, 0.25) is 0 Å². The highest BCUT2D eigenvalue weighted by atomic mass is 32.1. The maximum atomic E-state index is 13.5. The number of nitrogens with zero attached hydrogens (tertiary/aromatic N) is 3. The van der Waals surface area contributed by atoms with Crippen LogP contribution >= 0.6 is 22.7 Å². The highest BCUT2D eigenvalue weighted by Crippen LogP contribution is 2.27. The Bertz CT molecular complexity index is 1470. The standard InChI is InChI=1S/C31H39N7O4S2/c1-18(2)26-30-36-23(16-44-30)27(40)32-12-7-13-38(31(42)21-11-10-19(3)33-21)15-25(39)34-22(14-20-8-5-4-6-9-20)29-35-24(17-43-29)28(41)37-26/h4-6,8-9,16-19,21-22,26,33H,7,10-15H2,1-3H3,(H,32,40)(H,34,39)(H,37,41)/t19-,21-,22-,26-/m0/s1. The number of carbonyl (C=O) groups is 4. The molecule has 5 rings (SSSR count). The van der Waals surface area contributed by atoms with E-state index in [1.807, 2.05) is 51.1 Å². The lowest BCUT2D eigenvalue weighted by Gasteiger charge is -2.27.